The number of carbonyl (C=O) groups is 1. The molecule has 2 aliphatic rings. The quantitative estimate of drug-likeness (QED) is 0.550. The van der Waals surface area contributed by atoms with Gasteiger partial charge in [-0.3, -0.25) is 0 Å². The van der Waals surface area contributed by atoms with E-state index in [9.17, 15) is 4.79 Å². The number of halogens is 1. The van der Waals surface area contributed by atoms with E-state index >= 15 is 0 Å². The molecular weight excluding hydrogens is 355 g/mol. The summed E-state index contributed by atoms with van der Waals surface area (Å²) in [4.78, 5) is 11.4. The van der Waals surface area contributed by atoms with Gasteiger partial charge in [-0.1, -0.05) is 30.3 Å². The monoisotopic (exact) mass is 370 g/mol. The lowest BCUT2D eigenvalue weighted by atomic mass is 9.73. The molecule has 1 aliphatic heterocycles. The second-order valence-corrected chi connectivity index (χ2v) is 6.52. The van der Waals surface area contributed by atoms with E-state index in [1.54, 1.807) is 0 Å². The Hall–Kier alpha value is -1.04. The Bertz CT molecular complexity index is 538. The van der Waals surface area contributed by atoms with Gasteiger partial charge in [0.15, 0.2) is 0 Å². The van der Waals surface area contributed by atoms with E-state index in [2.05, 4.69) is 34.7 Å². The zero-order valence-corrected chi connectivity index (χ0v) is 12.8. The Morgan fingerprint density at radius 2 is 2.05 bits per heavy atom. The maximum absolute atomic E-state index is 11.4. The largest absolute Gasteiger partial charge is 0.508 e. The Morgan fingerprint density at radius 3 is 2.79 bits per heavy atom. The molecule has 4 heteroatoms. The maximum atomic E-state index is 11.4. The molecule has 1 aliphatic carbocycles. The first kappa shape index (κ1) is 13.0. The van der Waals surface area contributed by atoms with Crippen LogP contribution < -0.4 is 0 Å². The highest BCUT2D eigenvalue weighted by Crippen LogP contribution is 2.48. The number of rotatable bonds is 1. The minimum atomic E-state index is -0.539. The van der Waals surface area contributed by atoms with E-state index in [1.807, 2.05) is 25.1 Å². The Morgan fingerprint density at radius 1 is 1.32 bits per heavy atom. The zero-order chi connectivity index (χ0) is 13.5. The number of ether oxygens (including phenoxy) is 2. The summed E-state index contributed by atoms with van der Waals surface area (Å²) < 4.78 is 11.9. The van der Waals surface area contributed by atoms with Crippen molar-refractivity contribution < 1.29 is 14.3 Å². The van der Waals surface area contributed by atoms with Gasteiger partial charge in [-0.25, -0.2) is 4.79 Å². The van der Waals surface area contributed by atoms with Crippen molar-refractivity contribution in [2.24, 2.45) is 5.92 Å². The van der Waals surface area contributed by atoms with Gasteiger partial charge in [-0.2, -0.15) is 0 Å². The van der Waals surface area contributed by atoms with E-state index in [4.69, 9.17) is 9.47 Å². The maximum Gasteiger partial charge on any atom is 0.508 e. The van der Waals surface area contributed by atoms with Gasteiger partial charge >= 0.3 is 6.16 Å². The van der Waals surface area contributed by atoms with Crippen LogP contribution in [0.15, 0.2) is 33.9 Å². The number of cyclic esters (lactones) is 1. The fourth-order valence-electron chi connectivity index (χ4n) is 2.89. The number of benzene rings is 1. The highest BCUT2D eigenvalue weighted by atomic mass is 127. The summed E-state index contributed by atoms with van der Waals surface area (Å²) in [6.07, 6.45) is 1.27. The second-order valence-electron chi connectivity index (χ2n) is 5.21. The van der Waals surface area contributed by atoms with Crippen molar-refractivity contribution in [2.75, 3.05) is 6.61 Å². The summed E-state index contributed by atoms with van der Waals surface area (Å²) in [5.74, 6) is 0.119. The molecule has 1 aromatic carbocycles. The predicted octanol–water partition coefficient (Wildman–Crippen LogP) is 4.17. The van der Waals surface area contributed by atoms with E-state index in [1.165, 1.54) is 14.7 Å². The lowest BCUT2D eigenvalue weighted by Crippen LogP contribution is -2.49. The van der Waals surface area contributed by atoms with Crippen LogP contribution in [0.2, 0.25) is 0 Å². The lowest BCUT2D eigenvalue weighted by molar-refractivity contribution is -0.104. The lowest BCUT2D eigenvalue weighted by Gasteiger charge is -2.44. The van der Waals surface area contributed by atoms with Crippen LogP contribution >= 0.6 is 22.6 Å². The molecule has 3 rings (SSSR count). The van der Waals surface area contributed by atoms with Crippen molar-refractivity contribution in [3.8, 4) is 0 Å². The third-order valence-electron chi connectivity index (χ3n) is 3.99. The standard InChI is InChI=1S/C15H15IO3/c1-15-8-7-12(16)13(10-5-3-2-4-6-10)11(15)9-18-14(17)19-15/h2-6,11H,7-9H2,1H3/t11-,15+/m1/s1. The summed E-state index contributed by atoms with van der Waals surface area (Å²) in [6.45, 7) is 2.43. The predicted molar refractivity (Wildman–Crippen MR) is 80.9 cm³/mol. The average Bonchev–Trinajstić information content (AvgIpc) is 2.40. The van der Waals surface area contributed by atoms with Crippen molar-refractivity contribution in [2.45, 2.75) is 25.4 Å². The number of hydrogen-bond donors (Lipinski definition) is 0. The molecule has 3 nitrogen and oxygen atoms in total. The molecule has 1 aromatic rings. The highest BCUT2D eigenvalue weighted by Gasteiger charge is 2.48. The molecule has 1 fully saturated rings. The van der Waals surface area contributed by atoms with Gasteiger partial charge in [0.25, 0.3) is 0 Å². The summed E-state index contributed by atoms with van der Waals surface area (Å²) in [5.41, 5.74) is 2.03. The topological polar surface area (TPSA) is 35.5 Å². The molecule has 0 amide bonds. The minimum Gasteiger partial charge on any atom is -0.433 e. The fraction of sp³-hybridized carbons (Fsp3) is 0.400. The van der Waals surface area contributed by atoms with Gasteiger partial charge in [0.05, 0.1) is 5.92 Å². The van der Waals surface area contributed by atoms with Crippen molar-refractivity contribution in [3.63, 3.8) is 0 Å². The van der Waals surface area contributed by atoms with Gasteiger partial charge in [0, 0.05) is 0 Å². The van der Waals surface area contributed by atoms with Crippen LogP contribution in [-0.2, 0) is 9.47 Å². The van der Waals surface area contributed by atoms with Gasteiger partial charge in [-0.05, 0) is 57.1 Å². The third kappa shape index (κ3) is 2.26. The van der Waals surface area contributed by atoms with Crippen LogP contribution in [0.1, 0.15) is 25.3 Å². The molecule has 0 aromatic heterocycles. The molecule has 19 heavy (non-hydrogen) atoms. The van der Waals surface area contributed by atoms with Crippen molar-refractivity contribution in [1.82, 2.24) is 0 Å². The average molecular weight is 370 g/mol. The van der Waals surface area contributed by atoms with Gasteiger partial charge in [0.1, 0.15) is 12.2 Å². The Kier molecular flexibility index (Phi) is 3.28. The Labute approximate surface area is 126 Å². The normalized spacial score (nSPS) is 30.4. The molecule has 100 valence electrons. The number of carbonyl (C=O) groups excluding carboxylic acids is 1. The summed E-state index contributed by atoms with van der Waals surface area (Å²) in [6, 6.07) is 10.3. The van der Waals surface area contributed by atoms with Crippen LogP contribution in [0.3, 0.4) is 0 Å². The highest BCUT2D eigenvalue weighted by molar-refractivity contribution is 14.1. The molecule has 0 radical (unpaired) electrons. The molecule has 0 unspecified atom stereocenters. The Balaban J connectivity index is 2.04. The first-order valence-electron chi connectivity index (χ1n) is 6.40. The van der Waals surface area contributed by atoms with Gasteiger partial charge in [-0.15, -0.1) is 0 Å². The zero-order valence-electron chi connectivity index (χ0n) is 10.7. The second kappa shape index (κ2) is 4.81. The van der Waals surface area contributed by atoms with Crippen LogP contribution in [0.25, 0.3) is 5.57 Å². The summed E-state index contributed by atoms with van der Waals surface area (Å²) >= 11 is 2.41. The molecule has 2 atom stereocenters. The number of hydrogen-bond acceptors (Lipinski definition) is 3. The summed E-state index contributed by atoms with van der Waals surface area (Å²) in [7, 11) is 0. The molecule has 0 saturated carbocycles. The van der Waals surface area contributed by atoms with Crippen LogP contribution in [0, 0.1) is 5.92 Å². The van der Waals surface area contributed by atoms with E-state index in [-0.39, 0.29) is 5.92 Å². The van der Waals surface area contributed by atoms with E-state index < -0.39 is 11.8 Å². The SMILES string of the molecule is C[C@]12CCC(I)=C(c3ccccc3)[C@H]1COC(=O)O2. The first-order chi connectivity index (χ1) is 9.10. The van der Waals surface area contributed by atoms with Crippen molar-refractivity contribution in [1.29, 1.82) is 0 Å². The molecule has 0 bridgehead atoms. The molecule has 1 saturated heterocycles. The van der Waals surface area contributed by atoms with Crippen LogP contribution in [-0.4, -0.2) is 18.4 Å². The minimum absolute atomic E-state index is 0.119. The van der Waals surface area contributed by atoms with Crippen LogP contribution in [0.4, 0.5) is 4.79 Å². The van der Waals surface area contributed by atoms with Gasteiger partial charge in [0.2, 0.25) is 0 Å². The smallest absolute Gasteiger partial charge is 0.433 e. The molecule has 1 heterocycles. The van der Waals surface area contributed by atoms with Gasteiger partial charge < -0.3 is 9.47 Å². The number of fused-ring (bicyclic) bond motifs is 1. The van der Waals surface area contributed by atoms with Crippen molar-refractivity contribution in [3.05, 3.63) is 39.5 Å². The third-order valence-corrected chi connectivity index (χ3v) is 5.11. The van der Waals surface area contributed by atoms with E-state index in [0.717, 1.165) is 12.8 Å². The molecule has 0 spiro atoms. The van der Waals surface area contributed by atoms with Crippen LogP contribution in [0.5, 0.6) is 0 Å². The molecular formula is C15H15IO3. The van der Waals surface area contributed by atoms with E-state index in [0.29, 0.717) is 6.61 Å². The summed E-state index contributed by atoms with van der Waals surface area (Å²) in [5, 5.41) is 0. The van der Waals surface area contributed by atoms with Crippen molar-refractivity contribution >= 4 is 34.3 Å². The molecule has 0 N–H and O–H groups in total. The first-order valence-corrected chi connectivity index (χ1v) is 7.48. The number of allylic oxidation sites excluding steroid dienone is 1. The fourth-order valence-corrected chi connectivity index (χ4v) is 3.85.